The molecule has 0 bridgehead atoms. The van der Waals surface area contributed by atoms with Gasteiger partial charge in [-0.1, -0.05) is 84.9 Å². The summed E-state index contributed by atoms with van der Waals surface area (Å²) in [6.07, 6.45) is 1.90. The normalized spacial score (nSPS) is 11.4. The van der Waals surface area contributed by atoms with Gasteiger partial charge in [0.05, 0.1) is 12.8 Å². The molecule has 3 aromatic carbocycles. The zero-order valence-corrected chi connectivity index (χ0v) is 18.1. The number of anilines is 1. The Morgan fingerprint density at radius 1 is 0.848 bits per heavy atom. The Labute approximate surface area is 192 Å². The Morgan fingerprint density at radius 3 is 2.15 bits per heavy atom. The van der Waals surface area contributed by atoms with E-state index >= 15 is 0 Å². The third-order valence-corrected chi connectivity index (χ3v) is 5.24. The van der Waals surface area contributed by atoms with Crippen molar-refractivity contribution in [2.45, 2.75) is 12.5 Å². The Morgan fingerprint density at radius 2 is 1.48 bits per heavy atom. The van der Waals surface area contributed by atoms with Gasteiger partial charge in [-0.3, -0.25) is 4.79 Å². The van der Waals surface area contributed by atoms with Gasteiger partial charge in [0.25, 0.3) is 0 Å². The number of hydrogen-bond donors (Lipinski definition) is 1. The Kier molecular flexibility index (Phi) is 6.85. The summed E-state index contributed by atoms with van der Waals surface area (Å²) in [6.45, 7) is 0. The summed E-state index contributed by atoms with van der Waals surface area (Å²) in [5.74, 6) is 0.104. The van der Waals surface area contributed by atoms with Gasteiger partial charge in [-0.2, -0.15) is 0 Å². The minimum Gasteiger partial charge on any atom is -0.467 e. The zero-order chi connectivity index (χ0) is 23.0. The minimum atomic E-state index is -0.592. The van der Waals surface area contributed by atoms with Crippen LogP contribution in [0.5, 0.6) is 0 Å². The lowest BCUT2D eigenvalue weighted by atomic mass is 10.0. The van der Waals surface area contributed by atoms with Gasteiger partial charge in [0, 0.05) is 29.2 Å². The number of aromatic nitrogens is 2. The molecule has 0 radical (unpaired) electrons. The molecule has 4 aromatic rings. The quantitative estimate of drug-likeness (QED) is 0.321. The van der Waals surface area contributed by atoms with Crippen molar-refractivity contribution in [1.82, 2.24) is 9.97 Å². The van der Waals surface area contributed by atoms with Crippen LogP contribution >= 0.6 is 0 Å². The molecule has 6 nitrogen and oxygen atoms in total. The van der Waals surface area contributed by atoms with Crippen molar-refractivity contribution in [1.29, 1.82) is 0 Å². The summed E-state index contributed by atoms with van der Waals surface area (Å²) in [5.41, 5.74) is 3.77. The van der Waals surface area contributed by atoms with Gasteiger partial charge in [-0.15, -0.1) is 0 Å². The van der Waals surface area contributed by atoms with Crippen molar-refractivity contribution in [3.8, 4) is 11.3 Å². The van der Waals surface area contributed by atoms with E-state index in [1.54, 1.807) is 30.3 Å². The molecule has 1 aromatic heterocycles. The summed E-state index contributed by atoms with van der Waals surface area (Å²) in [7, 11) is 1.37. The summed E-state index contributed by atoms with van der Waals surface area (Å²) in [6, 6.07) is 27.3. The van der Waals surface area contributed by atoms with E-state index in [0.29, 0.717) is 29.1 Å². The monoisotopic (exact) mass is 437 g/mol. The fourth-order valence-electron chi connectivity index (χ4n) is 3.51. The van der Waals surface area contributed by atoms with Crippen LogP contribution in [0, 0.1) is 0 Å². The van der Waals surface area contributed by atoms with Crippen LogP contribution in [0.1, 0.15) is 21.5 Å². The lowest BCUT2D eigenvalue weighted by molar-refractivity contribution is -0.141. The number of rotatable bonds is 8. The SMILES string of the molecule is COC(=O)C(Cc1ccccc1)Nc1cc(-c2ccc(C(=O)c3ccccc3)cc2)ncn1. The Hall–Kier alpha value is -4.32. The van der Waals surface area contributed by atoms with Crippen molar-refractivity contribution in [3.63, 3.8) is 0 Å². The number of methoxy groups -OCH3 is 1. The fourth-order valence-corrected chi connectivity index (χ4v) is 3.51. The highest BCUT2D eigenvalue weighted by Crippen LogP contribution is 2.21. The molecule has 0 saturated heterocycles. The molecule has 0 fully saturated rings. The van der Waals surface area contributed by atoms with Crippen molar-refractivity contribution >= 4 is 17.6 Å². The van der Waals surface area contributed by atoms with E-state index in [1.807, 2.05) is 60.7 Å². The number of nitrogens with one attached hydrogen (secondary N) is 1. The van der Waals surface area contributed by atoms with Gasteiger partial charge >= 0.3 is 5.97 Å². The number of ketones is 1. The fraction of sp³-hybridized carbons (Fsp3) is 0.111. The average molecular weight is 437 g/mol. The molecule has 164 valence electrons. The third-order valence-electron chi connectivity index (χ3n) is 5.24. The second-order valence-electron chi connectivity index (χ2n) is 7.47. The van der Waals surface area contributed by atoms with Gasteiger partial charge in [0.1, 0.15) is 18.2 Å². The van der Waals surface area contributed by atoms with E-state index in [-0.39, 0.29) is 11.8 Å². The standard InChI is InChI=1S/C27H23N3O3/c1-33-27(32)24(16-19-8-4-2-5-9-19)30-25-17-23(28-18-29-25)20-12-14-22(15-13-20)26(31)21-10-6-3-7-11-21/h2-15,17-18,24H,16H2,1H3,(H,28,29,30). The molecule has 0 amide bonds. The third kappa shape index (κ3) is 5.49. The van der Waals surface area contributed by atoms with E-state index < -0.39 is 6.04 Å². The van der Waals surface area contributed by atoms with Gasteiger partial charge in [-0.05, 0) is 5.56 Å². The average Bonchev–Trinajstić information content (AvgIpc) is 2.89. The smallest absolute Gasteiger partial charge is 0.328 e. The largest absolute Gasteiger partial charge is 0.467 e. The molecular formula is C27H23N3O3. The maximum Gasteiger partial charge on any atom is 0.328 e. The van der Waals surface area contributed by atoms with E-state index in [2.05, 4.69) is 15.3 Å². The first kappa shape index (κ1) is 21.9. The Balaban J connectivity index is 1.52. The van der Waals surface area contributed by atoms with Crippen LogP contribution in [0.3, 0.4) is 0 Å². The molecule has 1 heterocycles. The lowest BCUT2D eigenvalue weighted by Crippen LogP contribution is -2.33. The second-order valence-corrected chi connectivity index (χ2v) is 7.47. The topological polar surface area (TPSA) is 81.2 Å². The number of hydrogen-bond acceptors (Lipinski definition) is 6. The van der Waals surface area contributed by atoms with Crippen molar-refractivity contribution in [2.24, 2.45) is 0 Å². The highest BCUT2D eigenvalue weighted by molar-refractivity contribution is 6.09. The molecule has 0 aliphatic carbocycles. The first-order valence-corrected chi connectivity index (χ1v) is 10.5. The minimum absolute atomic E-state index is 0.0333. The maximum atomic E-state index is 12.6. The molecule has 4 rings (SSSR count). The highest BCUT2D eigenvalue weighted by atomic mass is 16.5. The summed E-state index contributed by atoms with van der Waals surface area (Å²) < 4.78 is 4.97. The molecule has 6 heteroatoms. The molecule has 33 heavy (non-hydrogen) atoms. The van der Waals surface area contributed by atoms with Crippen LogP contribution in [0.4, 0.5) is 5.82 Å². The first-order valence-electron chi connectivity index (χ1n) is 10.5. The van der Waals surface area contributed by atoms with Gasteiger partial charge in [0.2, 0.25) is 0 Å². The summed E-state index contributed by atoms with van der Waals surface area (Å²) >= 11 is 0. The van der Waals surface area contributed by atoms with Gasteiger partial charge in [0.15, 0.2) is 5.78 Å². The van der Waals surface area contributed by atoms with E-state index in [4.69, 9.17) is 4.74 Å². The van der Waals surface area contributed by atoms with Crippen LogP contribution < -0.4 is 5.32 Å². The predicted molar refractivity (Wildman–Crippen MR) is 127 cm³/mol. The van der Waals surface area contributed by atoms with Gasteiger partial charge in [-0.25, -0.2) is 14.8 Å². The zero-order valence-electron chi connectivity index (χ0n) is 18.1. The van der Waals surface area contributed by atoms with Crippen LogP contribution in [-0.2, 0) is 16.0 Å². The maximum absolute atomic E-state index is 12.6. The number of carbonyl (C=O) groups excluding carboxylic acids is 2. The van der Waals surface area contributed by atoms with Gasteiger partial charge < -0.3 is 10.1 Å². The molecular weight excluding hydrogens is 414 g/mol. The van der Waals surface area contributed by atoms with Crippen molar-refractivity contribution < 1.29 is 14.3 Å². The molecule has 0 aliphatic heterocycles. The number of benzene rings is 3. The van der Waals surface area contributed by atoms with Crippen molar-refractivity contribution in [2.75, 3.05) is 12.4 Å². The van der Waals surface area contributed by atoms with Crippen LogP contribution in [-0.4, -0.2) is 34.9 Å². The first-order chi connectivity index (χ1) is 16.1. The highest BCUT2D eigenvalue weighted by Gasteiger charge is 2.20. The van der Waals surface area contributed by atoms with Crippen molar-refractivity contribution in [3.05, 3.63) is 114 Å². The van der Waals surface area contributed by atoms with Crippen LogP contribution in [0.25, 0.3) is 11.3 Å². The lowest BCUT2D eigenvalue weighted by Gasteiger charge is -2.17. The number of nitrogens with zero attached hydrogens (tertiary/aromatic N) is 2. The molecule has 0 aliphatic rings. The Bertz CT molecular complexity index is 1230. The molecule has 0 spiro atoms. The second kappa shape index (κ2) is 10.3. The van der Waals surface area contributed by atoms with E-state index in [0.717, 1.165) is 11.1 Å². The summed E-state index contributed by atoms with van der Waals surface area (Å²) in [5, 5.41) is 3.16. The number of carbonyl (C=O) groups is 2. The molecule has 1 atom stereocenters. The van der Waals surface area contributed by atoms with E-state index in [9.17, 15) is 9.59 Å². The molecule has 1 N–H and O–H groups in total. The molecule has 1 unspecified atom stereocenters. The summed E-state index contributed by atoms with van der Waals surface area (Å²) in [4.78, 5) is 33.6. The predicted octanol–water partition coefficient (Wildman–Crippen LogP) is 4.57. The van der Waals surface area contributed by atoms with E-state index in [1.165, 1.54) is 13.4 Å². The van der Waals surface area contributed by atoms with Crippen LogP contribution in [0.15, 0.2) is 97.3 Å². The number of esters is 1. The number of ether oxygens (including phenoxy) is 1. The van der Waals surface area contributed by atoms with Crippen LogP contribution in [0.2, 0.25) is 0 Å². The molecule has 0 saturated carbocycles.